The van der Waals surface area contributed by atoms with Crippen molar-refractivity contribution in [2.24, 2.45) is 0 Å². The summed E-state index contributed by atoms with van der Waals surface area (Å²) in [4.78, 5) is 27.1. The molecule has 8 nitrogen and oxygen atoms in total. The number of rotatable bonds is 7. The first-order valence-electron chi connectivity index (χ1n) is 9.91. The summed E-state index contributed by atoms with van der Waals surface area (Å²) in [5.74, 6) is -0.824. The second-order valence-corrected chi connectivity index (χ2v) is 7.97. The maximum atomic E-state index is 12.5. The molecule has 1 aromatic carbocycles. The fourth-order valence-electron chi connectivity index (χ4n) is 3.69. The topological polar surface area (TPSA) is 99.7 Å². The first kappa shape index (κ1) is 22.3. The fraction of sp³-hybridized carbons (Fsp3) is 0.476. The molecule has 0 bridgehead atoms. The Morgan fingerprint density at radius 1 is 1.23 bits per heavy atom. The van der Waals surface area contributed by atoms with E-state index in [1.165, 1.54) is 0 Å². The van der Waals surface area contributed by atoms with Crippen molar-refractivity contribution >= 4 is 29.2 Å². The lowest BCUT2D eigenvalue weighted by molar-refractivity contribution is -0.0687. The van der Waals surface area contributed by atoms with Gasteiger partial charge in [-0.3, -0.25) is 9.69 Å². The minimum Gasteiger partial charge on any atom is -0.454 e. The second kappa shape index (κ2) is 9.59. The smallest absolute Gasteiger partial charge is 0.344 e. The minimum absolute atomic E-state index is 0.173. The first-order chi connectivity index (χ1) is 14.3. The summed E-state index contributed by atoms with van der Waals surface area (Å²) in [6.45, 7) is 8.32. The molecular formula is C21H27ClN4O4. The molecule has 2 N–H and O–H groups in total. The third-order valence-electron chi connectivity index (χ3n) is 5.00. The molecule has 1 aromatic heterocycles. The number of nitrogen functional groups attached to an aromatic ring is 1. The Kier molecular flexibility index (Phi) is 7.12. The molecule has 1 fully saturated rings. The van der Waals surface area contributed by atoms with E-state index in [0.717, 1.165) is 19.6 Å². The number of morpholine rings is 1. The molecule has 0 amide bonds. The van der Waals surface area contributed by atoms with Crippen molar-refractivity contribution in [2.75, 3.05) is 32.0 Å². The van der Waals surface area contributed by atoms with Crippen LogP contribution in [0.2, 0.25) is 5.02 Å². The van der Waals surface area contributed by atoms with Crippen molar-refractivity contribution in [3.05, 3.63) is 46.1 Å². The number of anilines is 1. The highest BCUT2D eigenvalue weighted by molar-refractivity contribution is 6.34. The molecule has 0 unspecified atom stereocenters. The van der Waals surface area contributed by atoms with Crippen LogP contribution in [-0.4, -0.2) is 64.9 Å². The molecule has 2 aromatic rings. The highest BCUT2D eigenvalue weighted by atomic mass is 35.5. The number of carbonyl (C=O) groups excluding carboxylic acids is 2. The summed E-state index contributed by atoms with van der Waals surface area (Å²) in [5, 5.41) is 4.69. The number of ether oxygens (including phenoxy) is 2. The third-order valence-corrected chi connectivity index (χ3v) is 5.33. The van der Waals surface area contributed by atoms with E-state index < -0.39 is 12.6 Å². The van der Waals surface area contributed by atoms with E-state index in [1.807, 2.05) is 13.8 Å². The normalized spacial score (nSPS) is 19.6. The first-order valence-corrected chi connectivity index (χ1v) is 10.3. The van der Waals surface area contributed by atoms with Crippen LogP contribution < -0.4 is 5.73 Å². The van der Waals surface area contributed by atoms with E-state index in [2.05, 4.69) is 10.00 Å². The molecule has 0 saturated carbocycles. The molecule has 0 spiro atoms. The molecule has 0 radical (unpaired) electrons. The zero-order valence-corrected chi connectivity index (χ0v) is 18.2. The third kappa shape index (κ3) is 5.19. The summed E-state index contributed by atoms with van der Waals surface area (Å²) in [5.41, 5.74) is 7.12. The standard InChI is InChI=1S/C21H27ClN4O4/c1-13-10-25(11-14(2)30-13)8-9-26-20(23)19(15(3)24-26)21(28)29-12-18(27)16-6-4-5-7-17(16)22/h4-7,13-14H,8-12,23H2,1-3H3/t13-,14+. The number of hydrogen-bond acceptors (Lipinski definition) is 7. The SMILES string of the molecule is Cc1nn(CCN2C[C@@H](C)O[C@@H](C)C2)c(N)c1C(=O)OCC(=O)c1ccccc1Cl. The molecule has 1 saturated heterocycles. The van der Waals surface area contributed by atoms with E-state index >= 15 is 0 Å². The predicted molar refractivity (Wildman–Crippen MR) is 114 cm³/mol. The van der Waals surface area contributed by atoms with Gasteiger partial charge in [0, 0.05) is 25.2 Å². The number of carbonyl (C=O) groups is 2. The average Bonchev–Trinajstić information content (AvgIpc) is 2.97. The van der Waals surface area contributed by atoms with Crippen molar-refractivity contribution in [2.45, 2.75) is 39.5 Å². The Bertz CT molecular complexity index is 920. The monoisotopic (exact) mass is 434 g/mol. The van der Waals surface area contributed by atoms with Crippen LogP contribution in [0.25, 0.3) is 0 Å². The lowest BCUT2D eigenvalue weighted by atomic mass is 10.1. The van der Waals surface area contributed by atoms with Gasteiger partial charge in [0.1, 0.15) is 11.4 Å². The number of aromatic nitrogens is 2. The second-order valence-electron chi connectivity index (χ2n) is 7.56. The average molecular weight is 435 g/mol. The van der Waals surface area contributed by atoms with Crippen molar-refractivity contribution < 1.29 is 19.1 Å². The predicted octanol–water partition coefficient (Wildman–Crippen LogP) is 2.58. The molecule has 0 aliphatic carbocycles. The number of aryl methyl sites for hydroxylation is 1. The lowest BCUT2D eigenvalue weighted by Gasteiger charge is -2.35. The number of benzene rings is 1. The largest absolute Gasteiger partial charge is 0.454 e. The van der Waals surface area contributed by atoms with Gasteiger partial charge in [-0.15, -0.1) is 0 Å². The Balaban J connectivity index is 1.61. The number of nitrogens with two attached hydrogens (primary N) is 1. The molecule has 30 heavy (non-hydrogen) atoms. The maximum absolute atomic E-state index is 12.5. The fourth-order valence-corrected chi connectivity index (χ4v) is 3.93. The summed E-state index contributed by atoms with van der Waals surface area (Å²) in [7, 11) is 0. The van der Waals surface area contributed by atoms with Gasteiger partial charge in [0.15, 0.2) is 6.61 Å². The van der Waals surface area contributed by atoms with Gasteiger partial charge in [0.2, 0.25) is 5.78 Å². The zero-order valence-electron chi connectivity index (χ0n) is 17.4. The van der Waals surface area contributed by atoms with Gasteiger partial charge in [-0.1, -0.05) is 23.7 Å². The number of Topliss-reactive ketones (excluding diaryl/α,β-unsaturated/α-hetero) is 1. The van der Waals surface area contributed by atoms with Gasteiger partial charge in [0.25, 0.3) is 0 Å². The van der Waals surface area contributed by atoms with E-state index in [1.54, 1.807) is 35.9 Å². The Morgan fingerprint density at radius 2 is 1.90 bits per heavy atom. The molecule has 1 aliphatic rings. The van der Waals surface area contributed by atoms with Gasteiger partial charge in [-0.25, -0.2) is 9.48 Å². The number of ketones is 1. The summed E-state index contributed by atoms with van der Waals surface area (Å²) < 4.78 is 12.5. The van der Waals surface area contributed by atoms with Crippen LogP contribution in [-0.2, 0) is 16.0 Å². The molecular weight excluding hydrogens is 408 g/mol. The zero-order chi connectivity index (χ0) is 21.8. The maximum Gasteiger partial charge on any atom is 0.344 e. The van der Waals surface area contributed by atoms with E-state index in [9.17, 15) is 9.59 Å². The van der Waals surface area contributed by atoms with Gasteiger partial charge in [-0.05, 0) is 32.9 Å². The van der Waals surface area contributed by atoms with Crippen molar-refractivity contribution in [3.63, 3.8) is 0 Å². The van der Waals surface area contributed by atoms with E-state index in [-0.39, 0.29) is 29.4 Å². The van der Waals surface area contributed by atoms with Crippen LogP contribution in [0.3, 0.4) is 0 Å². The minimum atomic E-state index is -0.676. The van der Waals surface area contributed by atoms with Crippen LogP contribution >= 0.6 is 11.6 Å². The summed E-state index contributed by atoms with van der Waals surface area (Å²) >= 11 is 6.02. The number of halogens is 1. The number of esters is 1. The van der Waals surface area contributed by atoms with E-state index in [0.29, 0.717) is 22.8 Å². The lowest BCUT2D eigenvalue weighted by Crippen LogP contribution is -2.46. The molecule has 2 heterocycles. The van der Waals surface area contributed by atoms with Gasteiger partial charge in [-0.2, -0.15) is 5.10 Å². The molecule has 3 rings (SSSR count). The molecule has 9 heteroatoms. The Labute approximate surface area is 180 Å². The van der Waals surface area contributed by atoms with Crippen LogP contribution in [0.1, 0.15) is 40.3 Å². The quantitative estimate of drug-likeness (QED) is 0.528. The van der Waals surface area contributed by atoms with Crippen LogP contribution in [0, 0.1) is 6.92 Å². The van der Waals surface area contributed by atoms with Crippen LogP contribution in [0.15, 0.2) is 24.3 Å². The van der Waals surface area contributed by atoms with Crippen LogP contribution in [0.4, 0.5) is 5.82 Å². The number of hydrogen-bond donors (Lipinski definition) is 1. The van der Waals surface area contributed by atoms with Gasteiger partial charge in [0.05, 0.1) is 29.5 Å². The molecule has 1 aliphatic heterocycles. The summed E-state index contributed by atoms with van der Waals surface area (Å²) in [6, 6.07) is 6.62. The van der Waals surface area contributed by atoms with Gasteiger partial charge < -0.3 is 15.2 Å². The van der Waals surface area contributed by atoms with Crippen LogP contribution in [0.5, 0.6) is 0 Å². The van der Waals surface area contributed by atoms with E-state index in [4.69, 9.17) is 26.8 Å². The van der Waals surface area contributed by atoms with Crippen molar-refractivity contribution in [1.82, 2.24) is 14.7 Å². The Hall–Kier alpha value is -2.42. The van der Waals surface area contributed by atoms with Crippen molar-refractivity contribution in [1.29, 1.82) is 0 Å². The highest BCUT2D eigenvalue weighted by Gasteiger charge is 2.25. The highest BCUT2D eigenvalue weighted by Crippen LogP contribution is 2.20. The molecule has 162 valence electrons. The molecule has 2 atom stereocenters. The Morgan fingerprint density at radius 3 is 2.57 bits per heavy atom. The van der Waals surface area contributed by atoms with Gasteiger partial charge >= 0.3 is 5.97 Å². The van der Waals surface area contributed by atoms with Crippen molar-refractivity contribution in [3.8, 4) is 0 Å². The number of nitrogens with zero attached hydrogens (tertiary/aromatic N) is 3. The summed E-state index contributed by atoms with van der Waals surface area (Å²) in [6.07, 6.45) is 0.346.